The van der Waals surface area contributed by atoms with Crippen LogP contribution in [-0.2, 0) is 6.42 Å². The highest BCUT2D eigenvalue weighted by Gasteiger charge is 2.39. The number of hydrogen-bond acceptors (Lipinski definition) is 2. The van der Waals surface area contributed by atoms with Gasteiger partial charge in [-0.05, 0) is 74.1 Å². The topological polar surface area (TPSA) is 29.3 Å². The first-order chi connectivity index (χ1) is 10.0. The minimum atomic E-state index is 0.203. The molecule has 2 bridgehead atoms. The van der Waals surface area contributed by atoms with E-state index in [1.807, 2.05) is 0 Å². The van der Waals surface area contributed by atoms with Gasteiger partial charge in [0.25, 0.3) is 0 Å². The first kappa shape index (κ1) is 15.4. The summed E-state index contributed by atoms with van der Waals surface area (Å²) in [5, 5.41) is 0. The number of halogens is 1. The molecule has 4 atom stereocenters. The third-order valence-electron chi connectivity index (χ3n) is 5.39. The highest BCUT2D eigenvalue weighted by molar-refractivity contribution is 9.10. The molecule has 3 heteroatoms. The van der Waals surface area contributed by atoms with Gasteiger partial charge in [-0.25, -0.2) is 0 Å². The zero-order chi connectivity index (χ0) is 15.0. The van der Waals surface area contributed by atoms with Crippen molar-refractivity contribution >= 4 is 21.6 Å². The molecule has 0 spiro atoms. The van der Waals surface area contributed by atoms with Crippen LogP contribution < -0.4 is 10.6 Å². The highest BCUT2D eigenvalue weighted by atomic mass is 79.9. The molecule has 2 N–H and O–H groups in total. The zero-order valence-corrected chi connectivity index (χ0v) is 14.8. The predicted octanol–water partition coefficient (Wildman–Crippen LogP) is 4.21. The van der Waals surface area contributed by atoms with Crippen LogP contribution in [0, 0.1) is 17.8 Å². The molecular weight excluding hydrogens is 324 g/mol. The van der Waals surface area contributed by atoms with Crippen LogP contribution >= 0.6 is 15.9 Å². The van der Waals surface area contributed by atoms with Gasteiger partial charge in [-0.2, -0.15) is 0 Å². The monoisotopic (exact) mass is 350 g/mol. The number of rotatable bonds is 5. The lowest BCUT2D eigenvalue weighted by molar-refractivity contribution is 0.337. The summed E-state index contributed by atoms with van der Waals surface area (Å²) in [5.74, 6) is 2.92. The molecular formula is C18H27BrN2. The van der Waals surface area contributed by atoms with Crippen LogP contribution in [0.2, 0.25) is 0 Å². The molecule has 0 aromatic heterocycles. The molecule has 21 heavy (non-hydrogen) atoms. The largest absolute Gasteiger partial charge is 0.374 e. The van der Waals surface area contributed by atoms with Gasteiger partial charge in [0.1, 0.15) is 0 Å². The highest BCUT2D eigenvalue weighted by Crippen LogP contribution is 2.48. The molecule has 0 radical (unpaired) electrons. The lowest BCUT2D eigenvalue weighted by Gasteiger charge is -2.30. The van der Waals surface area contributed by atoms with Crippen LogP contribution in [0.3, 0.4) is 0 Å². The summed E-state index contributed by atoms with van der Waals surface area (Å²) in [6.07, 6.45) is 6.84. The fraction of sp³-hybridized carbons (Fsp3) is 0.667. The first-order valence-corrected chi connectivity index (χ1v) is 9.07. The van der Waals surface area contributed by atoms with Gasteiger partial charge in [0.05, 0.1) is 0 Å². The van der Waals surface area contributed by atoms with E-state index < -0.39 is 0 Å². The summed E-state index contributed by atoms with van der Waals surface area (Å²) in [6, 6.07) is 6.83. The van der Waals surface area contributed by atoms with Crippen molar-refractivity contribution < 1.29 is 0 Å². The third-order valence-corrected chi connectivity index (χ3v) is 5.88. The Labute approximate surface area is 137 Å². The summed E-state index contributed by atoms with van der Waals surface area (Å²) in [4.78, 5) is 2.47. The molecule has 2 saturated carbocycles. The van der Waals surface area contributed by atoms with Crippen molar-refractivity contribution in [3.63, 3.8) is 0 Å². The van der Waals surface area contributed by atoms with Crippen LogP contribution in [0.1, 0.15) is 38.2 Å². The summed E-state index contributed by atoms with van der Waals surface area (Å²) in [6.45, 7) is 3.29. The number of benzene rings is 1. The number of anilines is 1. The van der Waals surface area contributed by atoms with Crippen molar-refractivity contribution in [2.45, 2.75) is 45.1 Å². The molecule has 2 aliphatic rings. The second kappa shape index (κ2) is 6.29. The Morgan fingerprint density at radius 2 is 2.14 bits per heavy atom. The van der Waals surface area contributed by atoms with E-state index in [0.29, 0.717) is 0 Å². The van der Waals surface area contributed by atoms with Gasteiger partial charge < -0.3 is 10.6 Å². The van der Waals surface area contributed by atoms with Crippen molar-refractivity contribution in [3.05, 3.63) is 28.2 Å². The predicted molar refractivity (Wildman–Crippen MR) is 93.7 cm³/mol. The lowest BCUT2D eigenvalue weighted by atomic mass is 9.88. The van der Waals surface area contributed by atoms with Crippen molar-refractivity contribution in [2.75, 3.05) is 18.5 Å². The van der Waals surface area contributed by atoms with Crippen LogP contribution in [0.4, 0.5) is 5.69 Å². The summed E-state index contributed by atoms with van der Waals surface area (Å²) >= 11 is 3.59. The van der Waals surface area contributed by atoms with Crippen LogP contribution in [0.5, 0.6) is 0 Å². The maximum absolute atomic E-state index is 6.02. The summed E-state index contributed by atoms with van der Waals surface area (Å²) in [5.41, 5.74) is 8.75. The van der Waals surface area contributed by atoms with Crippen LogP contribution in [0.15, 0.2) is 22.7 Å². The Morgan fingerprint density at radius 3 is 2.76 bits per heavy atom. The molecule has 3 rings (SSSR count). The van der Waals surface area contributed by atoms with Crippen LogP contribution in [0.25, 0.3) is 0 Å². The van der Waals surface area contributed by atoms with E-state index in [1.54, 1.807) is 0 Å². The Balaban J connectivity index is 1.73. The smallest absolute Gasteiger partial charge is 0.0397 e. The molecule has 2 fully saturated rings. The van der Waals surface area contributed by atoms with Gasteiger partial charge in [-0.3, -0.25) is 0 Å². The minimum Gasteiger partial charge on any atom is -0.374 e. The van der Waals surface area contributed by atoms with Crippen molar-refractivity contribution in [1.82, 2.24) is 0 Å². The Bertz CT molecular complexity index is 500. The van der Waals surface area contributed by atoms with Crippen LogP contribution in [-0.4, -0.2) is 19.6 Å². The van der Waals surface area contributed by atoms with Gasteiger partial charge in [0.2, 0.25) is 0 Å². The average molecular weight is 351 g/mol. The number of nitrogens with zero attached hydrogens (tertiary/aromatic N) is 1. The number of hydrogen-bond donors (Lipinski definition) is 1. The van der Waals surface area contributed by atoms with E-state index >= 15 is 0 Å². The van der Waals surface area contributed by atoms with Gasteiger partial charge in [-0.15, -0.1) is 0 Å². The second-order valence-electron chi connectivity index (χ2n) is 7.27. The molecule has 2 nitrogen and oxygen atoms in total. The molecule has 1 aromatic carbocycles. The van der Waals surface area contributed by atoms with E-state index in [4.69, 9.17) is 5.73 Å². The normalized spacial score (nSPS) is 28.9. The van der Waals surface area contributed by atoms with Gasteiger partial charge in [-0.1, -0.05) is 22.4 Å². The molecule has 1 aromatic rings. The van der Waals surface area contributed by atoms with Gasteiger partial charge in [0, 0.05) is 29.8 Å². The molecule has 4 unspecified atom stereocenters. The first-order valence-electron chi connectivity index (χ1n) is 8.28. The summed E-state index contributed by atoms with van der Waals surface area (Å²) in [7, 11) is 2.25. The van der Waals surface area contributed by atoms with E-state index in [1.165, 1.54) is 43.5 Å². The Kier molecular flexibility index (Phi) is 4.60. The van der Waals surface area contributed by atoms with E-state index in [0.717, 1.165) is 28.6 Å². The Hall–Kier alpha value is -0.540. The molecule has 2 aliphatic carbocycles. The Morgan fingerprint density at radius 1 is 1.33 bits per heavy atom. The van der Waals surface area contributed by atoms with E-state index in [2.05, 4.69) is 53.0 Å². The fourth-order valence-electron chi connectivity index (χ4n) is 4.49. The summed E-state index contributed by atoms with van der Waals surface area (Å²) < 4.78 is 1.15. The maximum Gasteiger partial charge on any atom is 0.0397 e. The standard InChI is InChI=1S/C18H27BrN2/c1-12(20)7-15-10-17(19)5-6-18(15)21(2)11-16-9-13-3-4-14(16)8-13/h5-6,10,12-14,16H,3-4,7-9,11,20H2,1-2H3. The lowest BCUT2D eigenvalue weighted by Crippen LogP contribution is -2.30. The maximum atomic E-state index is 6.02. The molecule has 0 heterocycles. The SMILES string of the molecule is CC(N)Cc1cc(Br)ccc1N(C)CC1CC2CCC1C2. The van der Waals surface area contributed by atoms with E-state index in [9.17, 15) is 0 Å². The van der Waals surface area contributed by atoms with Gasteiger partial charge >= 0.3 is 0 Å². The minimum absolute atomic E-state index is 0.203. The zero-order valence-electron chi connectivity index (χ0n) is 13.2. The average Bonchev–Trinajstić information content (AvgIpc) is 3.00. The van der Waals surface area contributed by atoms with E-state index in [-0.39, 0.29) is 6.04 Å². The van der Waals surface area contributed by atoms with Crippen molar-refractivity contribution in [1.29, 1.82) is 0 Å². The van der Waals surface area contributed by atoms with Crippen molar-refractivity contribution in [3.8, 4) is 0 Å². The van der Waals surface area contributed by atoms with Gasteiger partial charge in [0.15, 0.2) is 0 Å². The third kappa shape index (κ3) is 3.45. The number of fused-ring (bicyclic) bond motifs is 2. The molecule has 0 amide bonds. The molecule has 0 aliphatic heterocycles. The number of nitrogens with two attached hydrogens (primary N) is 1. The molecule has 116 valence electrons. The van der Waals surface area contributed by atoms with Crippen molar-refractivity contribution in [2.24, 2.45) is 23.5 Å². The molecule has 0 saturated heterocycles. The fourth-order valence-corrected chi connectivity index (χ4v) is 4.90. The quantitative estimate of drug-likeness (QED) is 0.861. The second-order valence-corrected chi connectivity index (χ2v) is 8.19.